The number of ether oxygens (including phenoxy) is 1. The van der Waals surface area contributed by atoms with E-state index in [-0.39, 0.29) is 11.8 Å². The lowest BCUT2D eigenvalue weighted by Gasteiger charge is -2.24. The quantitative estimate of drug-likeness (QED) is 0.793. The summed E-state index contributed by atoms with van der Waals surface area (Å²) in [5.74, 6) is 1.04. The number of amides is 1. The van der Waals surface area contributed by atoms with Gasteiger partial charge in [0.15, 0.2) is 0 Å². The van der Waals surface area contributed by atoms with E-state index < -0.39 is 0 Å². The van der Waals surface area contributed by atoms with Gasteiger partial charge in [0.1, 0.15) is 5.75 Å². The molecule has 20 heavy (non-hydrogen) atoms. The maximum atomic E-state index is 12.4. The molecule has 1 unspecified atom stereocenters. The van der Waals surface area contributed by atoms with Crippen molar-refractivity contribution < 1.29 is 9.53 Å². The first-order valence-corrected chi connectivity index (χ1v) is 7.24. The van der Waals surface area contributed by atoms with Gasteiger partial charge >= 0.3 is 0 Å². The van der Waals surface area contributed by atoms with Gasteiger partial charge in [-0.05, 0) is 31.2 Å². The molecule has 0 radical (unpaired) electrons. The number of benzene rings is 1. The summed E-state index contributed by atoms with van der Waals surface area (Å²) in [5, 5.41) is 3.22. The number of hydrogen-bond donors (Lipinski definition) is 1. The van der Waals surface area contributed by atoms with E-state index in [1.54, 1.807) is 7.11 Å². The summed E-state index contributed by atoms with van der Waals surface area (Å²) < 4.78 is 5.14. The second-order valence-electron chi connectivity index (χ2n) is 4.91. The smallest absolute Gasteiger partial charge is 0.226 e. The molecule has 0 aliphatic carbocycles. The number of nitrogens with one attached hydrogen (secondary N) is 1. The molecule has 4 nitrogen and oxygen atoms in total. The van der Waals surface area contributed by atoms with Crippen LogP contribution in [0.5, 0.6) is 5.75 Å². The lowest BCUT2D eigenvalue weighted by molar-refractivity contribution is -0.135. The van der Waals surface area contributed by atoms with Crippen LogP contribution in [0.2, 0.25) is 0 Å². The maximum Gasteiger partial charge on any atom is 0.226 e. The average Bonchev–Trinajstić information content (AvgIpc) is 2.50. The van der Waals surface area contributed by atoms with Crippen LogP contribution in [0.4, 0.5) is 0 Å². The lowest BCUT2D eigenvalue weighted by atomic mass is 10.1. The van der Waals surface area contributed by atoms with Crippen LogP contribution in [0, 0.1) is 5.92 Å². The molecule has 0 saturated carbocycles. The predicted molar refractivity (Wildman–Crippen MR) is 81.8 cm³/mol. The van der Waals surface area contributed by atoms with Crippen LogP contribution in [-0.2, 0) is 11.3 Å². The van der Waals surface area contributed by atoms with E-state index in [2.05, 4.69) is 5.32 Å². The van der Waals surface area contributed by atoms with Crippen LogP contribution in [0.15, 0.2) is 24.3 Å². The summed E-state index contributed by atoms with van der Waals surface area (Å²) in [7, 11) is 1.65. The van der Waals surface area contributed by atoms with Gasteiger partial charge in [-0.2, -0.15) is 0 Å². The average molecular weight is 278 g/mol. The first-order valence-electron chi connectivity index (χ1n) is 7.24. The zero-order valence-corrected chi connectivity index (χ0v) is 13.0. The van der Waals surface area contributed by atoms with Crippen LogP contribution < -0.4 is 10.1 Å². The largest absolute Gasteiger partial charge is 0.497 e. The molecule has 1 rings (SSSR count). The molecule has 1 N–H and O–H groups in total. The third kappa shape index (κ3) is 4.85. The zero-order chi connectivity index (χ0) is 15.0. The van der Waals surface area contributed by atoms with Crippen LogP contribution in [0.1, 0.15) is 26.3 Å². The molecule has 0 fully saturated rings. The second kappa shape index (κ2) is 8.59. The van der Waals surface area contributed by atoms with E-state index in [0.29, 0.717) is 6.54 Å². The Hall–Kier alpha value is -1.55. The SMILES string of the molecule is CCNCC(C)C(=O)N(CC)Cc1ccc(OC)cc1. The highest BCUT2D eigenvalue weighted by Gasteiger charge is 2.18. The first kappa shape index (κ1) is 16.5. The Kier molecular flexibility index (Phi) is 7.09. The van der Waals surface area contributed by atoms with E-state index >= 15 is 0 Å². The van der Waals surface area contributed by atoms with E-state index in [1.165, 1.54) is 0 Å². The summed E-state index contributed by atoms with van der Waals surface area (Å²) in [6, 6.07) is 7.86. The number of carbonyl (C=O) groups excluding carboxylic acids is 1. The van der Waals surface area contributed by atoms with Gasteiger partial charge in [-0.1, -0.05) is 26.0 Å². The normalized spacial score (nSPS) is 12.0. The van der Waals surface area contributed by atoms with Gasteiger partial charge in [0.2, 0.25) is 5.91 Å². The van der Waals surface area contributed by atoms with Crippen molar-refractivity contribution in [2.75, 3.05) is 26.7 Å². The molecule has 1 atom stereocenters. The molecular weight excluding hydrogens is 252 g/mol. The highest BCUT2D eigenvalue weighted by molar-refractivity contribution is 5.78. The Labute approximate surface area is 122 Å². The molecule has 112 valence electrons. The highest BCUT2D eigenvalue weighted by atomic mass is 16.5. The van der Waals surface area contributed by atoms with Gasteiger partial charge in [-0.25, -0.2) is 0 Å². The summed E-state index contributed by atoms with van der Waals surface area (Å²) >= 11 is 0. The minimum Gasteiger partial charge on any atom is -0.497 e. The fourth-order valence-electron chi connectivity index (χ4n) is 2.06. The van der Waals surface area contributed by atoms with Gasteiger partial charge in [-0.3, -0.25) is 4.79 Å². The molecule has 1 aromatic rings. The zero-order valence-electron chi connectivity index (χ0n) is 13.0. The van der Waals surface area contributed by atoms with Crippen molar-refractivity contribution in [2.45, 2.75) is 27.3 Å². The minimum atomic E-state index is 0.00754. The van der Waals surface area contributed by atoms with Gasteiger partial charge in [0, 0.05) is 25.6 Å². The Balaban J connectivity index is 2.62. The van der Waals surface area contributed by atoms with Gasteiger partial charge < -0.3 is 15.0 Å². The highest BCUT2D eigenvalue weighted by Crippen LogP contribution is 2.14. The molecule has 0 spiro atoms. The Morgan fingerprint density at radius 2 is 1.95 bits per heavy atom. The summed E-state index contributed by atoms with van der Waals surface area (Å²) in [6.45, 7) is 9.03. The monoisotopic (exact) mass is 278 g/mol. The van der Waals surface area contributed by atoms with Crippen LogP contribution in [-0.4, -0.2) is 37.6 Å². The van der Waals surface area contributed by atoms with Crippen LogP contribution >= 0.6 is 0 Å². The second-order valence-corrected chi connectivity index (χ2v) is 4.91. The Morgan fingerprint density at radius 1 is 1.30 bits per heavy atom. The Bertz CT molecular complexity index is 403. The molecule has 0 aromatic heterocycles. The van der Waals surface area contributed by atoms with Crippen molar-refractivity contribution in [3.05, 3.63) is 29.8 Å². The summed E-state index contributed by atoms with van der Waals surface area (Å²) in [5.41, 5.74) is 1.12. The van der Waals surface area contributed by atoms with Gasteiger partial charge in [-0.15, -0.1) is 0 Å². The summed E-state index contributed by atoms with van der Waals surface area (Å²) in [6.07, 6.45) is 0. The van der Waals surface area contributed by atoms with E-state index in [1.807, 2.05) is 49.9 Å². The summed E-state index contributed by atoms with van der Waals surface area (Å²) in [4.78, 5) is 14.3. The Morgan fingerprint density at radius 3 is 2.45 bits per heavy atom. The number of rotatable bonds is 8. The van der Waals surface area contributed by atoms with Crippen molar-refractivity contribution in [2.24, 2.45) is 5.92 Å². The van der Waals surface area contributed by atoms with Gasteiger partial charge in [0.25, 0.3) is 0 Å². The van der Waals surface area contributed by atoms with Crippen molar-refractivity contribution in [1.29, 1.82) is 0 Å². The van der Waals surface area contributed by atoms with Crippen molar-refractivity contribution in [3.63, 3.8) is 0 Å². The van der Waals surface area contributed by atoms with E-state index in [9.17, 15) is 4.79 Å². The fourth-order valence-corrected chi connectivity index (χ4v) is 2.06. The minimum absolute atomic E-state index is 0.00754. The van der Waals surface area contributed by atoms with E-state index in [0.717, 1.165) is 30.9 Å². The van der Waals surface area contributed by atoms with E-state index in [4.69, 9.17) is 4.74 Å². The van der Waals surface area contributed by atoms with Crippen molar-refractivity contribution >= 4 is 5.91 Å². The lowest BCUT2D eigenvalue weighted by Crippen LogP contribution is -2.38. The standard InChI is InChI=1S/C16H26N2O2/c1-5-17-11-13(3)16(19)18(6-2)12-14-7-9-15(20-4)10-8-14/h7-10,13,17H,5-6,11-12H2,1-4H3. The molecule has 1 amide bonds. The third-order valence-corrected chi connectivity index (χ3v) is 3.35. The van der Waals surface area contributed by atoms with Crippen molar-refractivity contribution in [1.82, 2.24) is 10.2 Å². The molecular formula is C16H26N2O2. The van der Waals surface area contributed by atoms with Crippen molar-refractivity contribution in [3.8, 4) is 5.75 Å². The molecule has 0 bridgehead atoms. The van der Waals surface area contributed by atoms with Crippen LogP contribution in [0.25, 0.3) is 0 Å². The molecule has 0 heterocycles. The number of nitrogens with zero attached hydrogens (tertiary/aromatic N) is 1. The van der Waals surface area contributed by atoms with Crippen LogP contribution in [0.3, 0.4) is 0 Å². The van der Waals surface area contributed by atoms with Gasteiger partial charge in [0.05, 0.1) is 7.11 Å². The molecule has 0 aliphatic heterocycles. The predicted octanol–water partition coefficient (Wildman–Crippen LogP) is 2.29. The first-order chi connectivity index (χ1) is 9.62. The third-order valence-electron chi connectivity index (χ3n) is 3.35. The number of carbonyl (C=O) groups is 1. The molecule has 0 saturated heterocycles. The molecule has 0 aliphatic rings. The molecule has 1 aromatic carbocycles. The number of hydrogen-bond acceptors (Lipinski definition) is 3. The molecule has 4 heteroatoms. The fraction of sp³-hybridized carbons (Fsp3) is 0.562. The maximum absolute atomic E-state index is 12.4. The topological polar surface area (TPSA) is 41.6 Å². The number of methoxy groups -OCH3 is 1.